The molecule has 0 aromatic carbocycles. The van der Waals surface area contributed by atoms with Crippen molar-refractivity contribution in [3.8, 4) is 11.3 Å². The van der Waals surface area contributed by atoms with Gasteiger partial charge < -0.3 is 5.32 Å². The molecular weight excluding hydrogens is 392 g/mol. The Morgan fingerprint density at radius 2 is 2.19 bits per heavy atom. The highest BCUT2D eigenvalue weighted by Crippen LogP contribution is 2.20. The molecule has 1 fully saturated rings. The van der Waals surface area contributed by atoms with Gasteiger partial charge in [0.2, 0.25) is 11.8 Å². The van der Waals surface area contributed by atoms with Gasteiger partial charge in [-0.05, 0) is 23.6 Å². The lowest BCUT2D eigenvalue weighted by Gasteiger charge is -2.14. The second kappa shape index (κ2) is 7.09. The lowest BCUT2D eigenvalue weighted by Crippen LogP contribution is -2.39. The van der Waals surface area contributed by atoms with E-state index < -0.39 is 0 Å². The molecule has 3 aromatic heterocycles. The van der Waals surface area contributed by atoms with Crippen molar-refractivity contribution in [2.24, 2.45) is 0 Å². The fourth-order valence-electron chi connectivity index (χ4n) is 2.42. The number of rotatable bonds is 5. The number of thiocarbonyl (C=S) groups is 1. The van der Waals surface area contributed by atoms with Gasteiger partial charge in [-0.25, -0.2) is 0 Å². The third-order valence-electron chi connectivity index (χ3n) is 3.73. The molecule has 0 bridgehead atoms. The summed E-state index contributed by atoms with van der Waals surface area (Å²) in [5.74, 6) is 0.338. The summed E-state index contributed by atoms with van der Waals surface area (Å²) in [4.78, 5) is 25.1. The Balaban J connectivity index is 1.47. The molecule has 4 rings (SSSR count). The van der Waals surface area contributed by atoms with Crippen LogP contribution in [0.1, 0.15) is 5.82 Å². The van der Waals surface area contributed by atoms with Crippen molar-refractivity contribution in [2.45, 2.75) is 6.54 Å². The van der Waals surface area contributed by atoms with Crippen molar-refractivity contribution >= 4 is 57.1 Å². The van der Waals surface area contributed by atoms with Crippen molar-refractivity contribution < 1.29 is 9.59 Å². The smallest absolute Gasteiger partial charge is 0.240 e. The van der Waals surface area contributed by atoms with Crippen LogP contribution in [0.5, 0.6) is 0 Å². The first-order chi connectivity index (χ1) is 12.6. The van der Waals surface area contributed by atoms with Crippen LogP contribution in [0, 0.1) is 0 Å². The predicted molar refractivity (Wildman–Crippen MR) is 103 cm³/mol. The summed E-state index contributed by atoms with van der Waals surface area (Å²) >= 11 is 7.93. The van der Waals surface area contributed by atoms with Crippen LogP contribution >= 0.6 is 35.3 Å². The molecule has 26 heavy (non-hydrogen) atoms. The highest BCUT2D eigenvalue weighted by atomic mass is 32.2. The zero-order chi connectivity index (χ0) is 18.1. The second-order valence-electron chi connectivity index (χ2n) is 5.43. The molecule has 8 nitrogen and oxygen atoms in total. The standard InChI is InChI=1S/C15H12N6O2S3/c22-13(6-20-14(23)8-26-15(20)24)16-5-12-18-17-11-2-1-10(19-21(11)12)9-3-4-25-7-9/h1-4,7H,5-6,8H2,(H,16,22). The van der Waals surface area contributed by atoms with Crippen molar-refractivity contribution in [2.75, 3.05) is 12.3 Å². The first-order valence-electron chi connectivity index (χ1n) is 7.59. The zero-order valence-electron chi connectivity index (χ0n) is 13.3. The Bertz CT molecular complexity index is 984. The average Bonchev–Trinajstić information content (AvgIpc) is 3.36. The van der Waals surface area contributed by atoms with Crippen LogP contribution in [0.3, 0.4) is 0 Å². The molecule has 1 aliphatic rings. The van der Waals surface area contributed by atoms with E-state index in [9.17, 15) is 9.59 Å². The molecule has 132 valence electrons. The lowest BCUT2D eigenvalue weighted by atomic mass is 10.2. The summed E-state index contributed by atoms with van der Waals surface area (Å²) in [6.07, 6.45) is 0. The minimum atomic E-state index is -0.311. The Morgan fingerprint density at radius 1 is 1.31 bits per heavy atom. The van der Waals surface area contributed by atoms with E-state index in [0.29, 0.717) is 15.8 Å². The SMILES string of the molecule is O=C(CN1C(=O)CSC1=S)NCc1nnc2ccc(-c3ccsc3)nn12. The molecule has 4 heterocycles. The minimum Gasteiger partial charge on any atom is -0.347 e. The quantitative estimate of drug-likeness (QED) is 0.641. The van der Waals surface area contributed by atoms with Gasteiger partial charge in [0.25, 0.3) is 0 Å². The normalized spacial score (nSPS) is 14.4. The van der Waals surface area contributed by atoms with E-state index in [0.717, 1.165) is 11.3 Å². The van der Waals surface area contributed by atoms with Gasteiger partial charge in [0.15, 0.2) is 11.5 Å². The topological polar surface area (TPSA) is 92.5 Å². The van der Waals surface area contributed by atoms with E-state index in [4.69, 9.17) is 12.2 Å². The van der Waals surface area contributed by atoms with Gasteiger partial charge in [0, 0.05) is 10.9 Å². The Kier molecular flexibility index (Phi) is 4.66. The Labute approximate surface area is 161 Å². The van der Waals surface area contributed by atoms with E-state index in [-0.39, 0.29) is 30.7 Å². The molecule has 1 aliphatic heterocycles. The number of hydrogen-bond acceptors (Lipinski definition) is 8. The number of carbonyl (C=O) groups is 2. The number of hydrogen-bond donors (Lipinski definition) is 1. The highest BCUT2D eigenvalue weighted by Gasteiger charge is 2.28. The number of nitrogens with zero attached hydrogens (tertiary/aromatic N) is 5. The van der Waals surface area contributed by atoms with Crippen LogP contribution in [0.15, 0.2) is 29.0 Å². The molecule has 1 N–H and O–H groups in total. The van der Waals surface area contributed by atoms with E-state index in [1.807, 2.05) is 29.0 Å². The molecule has 1 saturated heterocycles. The molecule has 3 aromatic rings. The number of nitrogens with one attached hydrogen (secondary N) is 1. The van der Waals surface area contributed by atoms with Gasteiger partial charge in [-0.2, -0.15) is 21.0 Å². The van der Waals surface area contributed by atoms with E-state index in [1.165, 1.54) is 16.7 Å². The van der Waals surface area contributed by atoms with Gasteiger partial charge >= 0.3 is 0 Å². The first-order valence-corrected chi connectivity index (χ1v) is 9.93. The van der Waals surface area contributed by atoms with Crippen molar-refractivity contribution in [1.29, 1.82) is 0 Å². The second-order valence-corrected chi connectivity index (χ2v) is 7.82. The molecule has 0 atom stereocenters. The molecule has 11 heteroatoms. The van der Waals surface area contributed by atoms with Gasteiger partial charge in [-0.3, -0.25) is 14.5 Å². The summed E-state index contributed by atoms with van der Waals surface area (Å²) in [5.41, 5.74) is 2.41. The third kappa shape index (κ3) is 3.32. The van der Waals surface area contributed by atoms with Crippen LogP contribution in [-0.4, -0.2) is 53.1 Å². The number of carbonyl (C=O) groups excluding carboxylic acids is 2. The van der Waals surface area contributed by atoms with Gasteiger partial charge in [0.05, 0.1) is 18.0 Å². The number of amides is 2. The lowest BCUT2D eigenvalue weighted by molar-refractivity contribution is -0.129. The van der Waals surface area contributed by atoms with Crippen molar-refractivity contribution in [1.82, 2.24) is 30.0 Å². The average molecular weight is 405 g/mol. The fraction of sp³-hybridized carbons (Fsp3) is 0.200. The number of thiophene rings is 1. The predicted octanol–water partition coefficient (Wildman–Crippen LogP) is 1.33. The van der Waals surface area contributed by atoms with Crippen molar-refractivity contribution in [3.05, 3.63) is 34.8 Å². The molecule has 0 unspecified atom stereocenters. The molecule has 0 radical (unpaired) electrons. The van der Waals surface area contributed by atoms with Crippen LogP contribution in [0.2, 0.25) is 0 Å². The van der Waals surface area contributed by atoms with E-state index in [1.54, 1.807) is 15.9 Å². The minimum absolute atomic E-state index is 0.0883. The van der Waals surface area contributed by atoms with E-state index in [2.05, 4.69) is 20.6 Å². The summed E-state index contributed by atoms with van der Waals surface area (Å²) in [6.45, 7) is 0.0665. The summed E-state index contributed by atoms with van der Waals surface area (Å²) < 4.78 is 2.04. The van der Waals surface area contributed by atoms with E-state index >= 15 is 0 Å². The zero-order valence-corrected chi connectivity index (χ0v) is 15.7. The number of aromatic nitrogens is 4. The molecule has 2 amide bonds. The Hall–Kier alpha value is -2.37. The first kappa shape index (κ1) is 17.1. The van der Waals surface area contributed by atoms with Crippen molar-refractivity contribution in [3.63, 3.8) is 0 Å². The number of fused-ring (bicyclic) bond motifs is 1. The largest absolute Gasteiger partial charge is 0.347 e. The molecule has 0 aliphatic carbocycles. The van der Waals surface area contributed by atoms with Crippen LogP contribution in [0.4, 0.5) is 0 Å². The molecule has 0 spiro atoms. The molecular formula is C15H12N6O2S3. The van der Waals surface area contributed by atoms with Crippen LogP contribution in [0.25, 0.3) is 16.9 Å². The fourth-order valence-corrected chi connectivity index (χ4v) is 4.14. The maximum absolute atomic E-state index is 12.1. The van der Waals surface area contributed by atoms with Crippen LogP contribution < -0.4 is 5.32 Å². The third-order valence-corrected chi connectivity index (χ3v) is 5.85. The number of thioether (sulfide) groups is 1. The highest BCUT2D eigenvalue weighted by molar-refractivity contribution is 8.23. The Morgan fingerprint density at radius 3 is 2.92 bits per heavy atom. The molecule has 0 saturated carbocycles. The van der Waals surface area contributed by atoms with Gasteiger partial charge in [-0.1, -0.05) is 24.0 Å². The van der Waals surface area contributed by atoms with Gasteiger partial charge in [-0.15, -0.1) is 10.2 Å². The maximum atomic E-state index is 12.1. The summed E-state index contributed by atoms with van der Waals surface area (Å²) in [7, 11) is 0. The maximum Gasteiger partial charge on any atom is 0.240 e. The summed E-state index contributed by atoms with van der Waals surface area (Å²) in [6, 6.07) is 5.70. The summed E-state index contributed by atoms with van der Waals surface area (Å²) in [5, 5.41) is 19.4. The monoisotopic (exact) mass is 404 g/mol. The van der Waals surface area contributed by atoms with Crippen LogP contribution in [-0.2, 0) is 16.1 Å². The van der Waals surface area contributed by atoms with Gasteiger partial charge in [0.1, 0.15) is 10.9 Å².